The molecule has 0 saturated heterocycles. The van der Waals surface area contributed by atoms with Gasteiger partial charge in [0, 0.05) is 6.07 Å². The fourth-order valence-electron chi connectivity index (χ4n) is 2.53. The van der Waals surface area contributed by atoms with Gasteiger partial charge in [0.25, 0.3) is 5.56 Å². The number of nitrogens with two attached hydrogens (primary N) is 1. The minimum absolute atomic E-state index is 0.270. The normalized spacial score (nSPS) is 11.3. The number of benzene rings is 1. The van der Waals surface area contributed by atoms with E-state index in [9.17, 15) is 4.79 Å². The highest BCUT2D eigenvalue weighted by Gasteiger charge is 2.12. The summed E-state index contributed by atoms with van der Waals surface area (Å²) in [7, 11) is 0. The lowest BCUT2D eigenvalue weighted by molar-refractivity contribution is 0.680. The summed E-state index contributed by atoms with van der Waals surface area (Å²) in [6.45, 7) is 4.21. The molecule has 6 nitrogen and oxygen atoms in total. The monoisotopic (exact) mass is 355 g/mol. The van der Waals surface area contributed by atoms with Crippen LogP contribution in [0.4, 0.5) is 5.82 Å². The highest BCUT2D eigenvalue weighted by atomic mass is 35.5. The van der Waals surface area contributed by atoms with Gasteiger partial charge >= 0.3 is 0 Å². The smallest absolute Gasteiger partial charge is 0.273 e. The molecule has 0 aliphatic carbocycles. The van der Waals surface area contributed by atoms with E-state index in [1.54, 1.807) is 17.7 Å². The minimum Gasteiger partial charge on any atom is -0.384 e. The molecule has 7 heteroatoms. The maximum Gasteiger partial charge on any atom is 0.273 e. The van der Waals surface area contributed by atoms with Gasteiger partial charge in [-0.15, -0.1) is 0 Å². The van der Waals surface area contributed by atoms with Crippen molar-refractivity contribution in [2.45, 2.75) is 20.4 Å². The van der Waals surface area contributed by atoms with Crippen LogP contribution in [0.3, 0.4) is 0 Å². The molecule has 2 aromatic heterocycles. The molecule has 0 fully saturated rings. The van der Waals surface area contributed by atoms with E-state index in [4.69, 9.17) is 17.3 Å². The predicted molar refractivity (Wildman–Crippen MR) is 100 cm³/mol. The zero-order valence-electron chi connectivity index (χ0n) is 14.0. The quantitative estimate of drug-likeness (QED) is 0.731. The molecule has 0 saturated carbocycles. The Labute approximate surface area is 150 Å². The summed E-state index contributed by atoms with van der Waals surface area (Å²) in [4.78, 5) is 12.0. The third kappa shape index (κ3) is 3.64. The first-order valence-corrected chi connectivity index (χ1v) is 8.14. The molecule has 1 aromatic carbocycles. The van der Waals surface area contributed by atoms with Crippen molar-refractivity contribution in [1.29, 1.82) is 0 Å². The van der Waals surface area contributed by atoms with Crippen LogP contribution in [-0.4, -0.2) is 20.7 Å². The second-order valence-corrected chi connectivity index (χ2v) is 6.14. The molecule has 0 radical (unpaired) electrons. The van der Waals surface area contributed by atoms with Gasteiger partial charge in [0.1, 0.15) is 11.0 Å². The van der Waals surface area contributed by atoms with Crippen LogP contribution in [0.15, 0.2) is 52.4 Å². The summed E-state index contributed by atoms with van der Waals surface area (Å²) in [5.41, 5.74) is 8.84. The lowest BCUT2D eigenvalue weighted by atomic mass is 10.2. The molecule has 0 aliphatic heterocycles. The van der Waals surface area contributed by atoms with Gasteiger partial charge in [-0.2, -0.15) is 14.9 Å². The van der Waals surface area contributed by atoms with Gasteiger partial charge in [0.05, 0.1) is 24.0 Å². The summed E-state index contributed by atoms with van der Waals surface area (Å²) in [5, 5.41) is 9.09. The second kappa shape index (κ2) is 6.94. The predicted octanol–water partition coefficient (Wildman–Crippen LogP) is 2.83. The van der Waals surface area contributed by atoms with E-state index in [0.29, 0.717) is 17.3 Å². The first-order valence-electron chi connectivity index (χ1n) is 7.76. The number of aryl methyl sites for hydroxylation is 2. The van der Waals surface area contributed by atoms with Crippen molar-refractivity contribution in [2.75, 3.05) is 5.73 Å². The lowest BCUT2D eigenvalue weighted by Crippen LogP contribution is -2.19. The lowest BCUT2D eigenvalue weighted by Gasteiger charge is -2.04. The summed E-state index contributed by atoms with van der Waals surface area (Å²) in [6.07, 6.45) is 1.51. The fraction of sp³-hybridized carbons (Fsp3) is 0.167. The van der Waals surface area contributed by atoms with Crippen LogP contribution in [0.25, 0.3) is 0 Å². The van der Waals surface area contributed by atoms with Gasteiger partial charge < -0.3 is 5.73 Å². The minimum atomic E-state index is -0.292. The summed E-state index contributed by atoms with van der Waals surface area (Å²) >= 11 is 6.44. The molecule has 0 unspecified atom stereocenters. The van der Waals surface area contributed by atoms with Gasteiger partial charge in [-0.1, -0.05) is 41.9 Å². The SMILES string of the molecule is Cc1cc(N)n(N=Cc2c(C)nn(Cc3ccccc3)c2Cl)c(=O)c1. The van der Waals surface area contributed by atoms with Crippen LogP contribution in [0.1, 0.15) is 22.4 Å². The number of pyridine rings is 1. The zero-order valence-corrected chi connectivity index (χ0v) is 14.7. The molecule has 0 bridgehead atoms. The van der Waals surface area contributed by atoms with Crippen LogP contribution in [0, 0.1) is 13.8 Å². The van der Waals surface area contributed by atoms with E-state index in [-0.39, 0.29) is 11.4 Å². The topological polar surface area (TPSA) is 78.2 Å². The molecular formula is C18H18ClN5O. The molecular weight excluding hydrogens is 338 g/mol. The maximum atomic E-state index is 12.0. The molecule has 0 amide bonds. The number of nitrogen functional groups attached to an aromatic ring is 1. The maximum absolute atomic E-state index is 12.0. The summed E-state index contributed by atoms with van der Waals surface area (Å²) in [5.74, 6) is 0.270. The Hall–Kier alpha value is -2.86. The van der Waals surface area contributed by atoms with Gasteiger partial charge in [0.2, 0.25) is 0 Å². The zero-order chi connectivity index (χ0) is 18.0. The Morgan fingerprint density at radius 3 is 2.64 bits per heavy atom. The third-order valence-electron chi connectivity index (χ3n) is 3.77. The molecule has 2 heterocycles. The molecule has 0 aliphatic rings. The van der Waals surface area contributed by atoms with E-state index in [2.05, 4.69) is 10.2 Å². The van der Waals surface area contributed by atoms with Gasteiger partial charge in [-0.05, 0) is 31.0 Å². The van der Waals surface area contributed by atoms with E-state index >= 15 is 0 Å². The van der Waals surface area contributed by atoms with Crippen molar-refractivity contribution in [3.05, 3.63) is 80.4 Å². The van der Waals surface area contributed by atoms with Crippen molar-refractivity contribution in [3.8, 4) is 0 Å². The number of hydrogen-bond acceptors (Lipinski definition) is 4. The number of hydrogen-bond donors (Lipinski definition) is 1. The van der Waals surface area contributed by atoms with E-state index in [1.165, 1.54) is 12.3 Å². The largest absolute Gasteiger partial charge is 0.384 e. The Kier molecular flexibility index (Phi) is 4.72. The highest BCUT2D eigenvalue weighted by Crippen LogP contribution is 2.19. The van der Waals surface area contributed by atoms with E-state index in [1.807, 2.05) is 37.3 Å². The molecule has 3 aromatic rings. The highest BCUT2D eigenvalue weighted by molar-refractivity contribution is 6.32. The average Bonchev–Trinajstić information content (AvgIpc) is 2.82. The molecule has 3 rings (SSSR count). The number of anilines is 1. The third-order valence-corrected chi connectivity index (χ3v) is 4.17. The van der Waals surface area contributed by atoms with Crippen LogP contribution >= 0.6 is 11.6 Å². The van der Waals surface area contributed by atoms with E-state index in [0.717, 1.165) is 21.5 Å². The number of rotatable bonds is 4. The Balaban J connectivity index is 1.93. The number of nitrogens with zero attached hydrogens (tertiary/aromatic N) is 4. The number of halogens is 1. The molecule has 0 atom stereocenters. The van der Waals surface area contributed by atoms with Crippen molar-refractivity contribution >= 4 is 23.6 Å². The van der Waals surface area contributed by atoms with Crippen LogP contribution in [0.2, 0.25) is 5.15 Å². The first kappa shape index (κ1) is 17.0. The van der Waals surface area contributed by atoms with Crippen molar-refractivity contribution in [2.24, 2.45) is 5.10 Å². The van der Waals surface area contributed by atoms with Gasteiger partial charge in [0.15, 0.2) is 0 Å². The number of aromatic nitrogens is 3. The first-order chi connectivity index (χ1) is 12.0. The summed E-state index contributed by atoms with van der Waals surface area (Å²) < 4.78 is 2.84. The fourth-order valence-corrected chi connectivity index (χ4v) is 2.82. The van der Waals surface area contributed by atoms with Crippen LogP contribution in [0.5, 0.6) is 0 Å². The Morgan fingerprint density at radius 2 is 1.96 bits per heavy atom. The van der Waals surface area contributed by atoms with Crippen molar-refractivity contribution in [3.63, 3.8) is 0 Å². The van der Waals surface area contributed by atoms with Crippen LogP contribution in [-0.2, 0) is 6.54 Å². The molecule has 0 spiro atoms. The second-order valence-electron chi connectivity index (χ2n) is 5.79. The van der Waals surface area contributed by atoms with Gasteiger partial charge in [-0.3, -0.25) is 4.79 Å². The van der Waals surface area contributed by atoms with Crippen molar-refractivity contribution in [1.82, 2.24) is 14.5 Å². The molecule has 2 N–H and O–H groups in total. The standard InChI is InChI=1S/C18H18ClN5O/c1-12-8-16(20)24(17(25)9-12)21-10-15-13(2)22-23(18(15)19)11-14-6-4-3-5-7-14/h3-10H,11,20H2,1-2H3. The van der Waals surface area contributed by atoms with Crippen molar-refractivity contribution < 1.29 is 0 Å². The van der Waals surface area contributed by atoms with Crippen LogP contribution < -0.4 is 11.3 Å². The summed E-state index contributed by atoms with van der Waals surface area (Å²) in [6, 6.07) is 13.1. The molecule has 128 valence electrons. The Morgan fingerprint density at radius 1 is 1.24 bits per heavy atom. The average molecular weight is 356 g/mol. The van der Waals surface area contributed by atoms with Gasteiger partial charge in [-0.25, -0.2) is 4.68 Å². The molecule has 25 heavy (non-hydrogen) atoms. The van der Waals surface area contributed by atoms with E-state index < -0.39 is 0 Å². The Bertz CT molecular complexity index is 989.